The van der Waals surface area contributed by atoms with Gasteiger partial charge in [0.2, 0.25) is 0 Å². The highest BCUT2D eigenvalue weighted by atomic mass is 16.4. The van der Waals surface area contributed by atoms with Crippen molar-refractivity contribution in [3.05, 3.63) is 42.5 Å². The predicted molar refractivity (Wildman–Crippen MR) is 75.8 cm³/mol. The number of likely N-dealkylation sites (tertiary alicyclic amines) is 1. The minimum absolute atomic E-state index is 0.382. The molecule has 1 aliphatic rings. The van der Waals surface area contributed by atoms with Gasteiger partial charge in [0, 0.05) is 19.6 Å². The normalized spacial score (nSPS) is 22.5. The summed E-state index contributed by atoms with van der Waals surface area (Å²) in [6.45, 7) is 1.78. The summed E-state index contributed by atoms with van der Waals surface area (Å²) in [6, 6.07) is 7.95. The molecule has 1 aromatic carbocycles. The first-order chi connectivity index (χ1) is 10.1. The summed E-state index contributed by atoms with van der Waals surface area (Å²) >= 11 is 0. The van der Waals surface area contributed by atoms with Crippen molar-refractivity contribution in [3.63, 3.8) is 0 Å². The van der Waals surface area contributed by atoms with Gasteiger partial charge in [0.05, 0.1) is 5.69 Å². The average molecular weight is 287 g/mol. The molecule has 3 rings (SSSR count). The van der Waals surface area contributed by atoms with E-state index in [-0.39, 0.29) is 0 Å². The Morgan fingerprint density at radius 2 is 2.14 bits per heavy atom. The van der Waals surface area contributed by atoms with Crippen LogP contribution in [-0.2, 0) is 11.3 Å². The Morgan fingerprint density at radius 3 is 2.71 bits per heavy atom. The first-order valence-electron chi connectivity index (χ1n) is 6.75. The molecule has 7 heteroatoms. The molecule has 0 bridgehead atoms. The third-order valence-corrected chi connectivity index (χ3v) is 3.83. The van der Waals surface area contributed by atoms with E-state index in [4.69, 9.17) is 10.8 Å². The fourth-order valence-electron chi connectivity index (χ4n) is 2.58. The summed E-state index contributed by atoms with van der Waals surface area (Å²) in [5.41, 5.74) is 6.82. The minimum atomic E-state index is -1.11. The lowest BCUT2D eigenvalue weighted by molar-refractivity contribution is -0.142. The summed E-state index contributed by atoms with van der Waals surface area (Å²) in [4.78, 5) is 17.1. The molecule has 1 saturated heterocycles. The van der Waals surface area contributed by atoms with Crippen LogP contribution in [-0.4, -0.2) is 49.4 Å². The molecule has 1 unspecified atom stereocenters. The summed E-state index contributed by atoms with van der Waals surface area (Å²) in [7, 11) is 0. The maximum atomic E-state index is 11.1. The van der Waals surface area contributed by atoms with Gasteiger partial charge >= 0.3 is 5.97 Å². The molecule has 21 heavy (non-hydrogen) atoms. The third-order valence-electron chi connectivity index (χ3n) is 3.83. The summed E-state index contributed by atoms with van der Waals surface area (Å²) in [5.74, 6) is -0.925. The molecule has 0 aliphatic carbocycles. The van der Waals surface area contributed by atoms with Gasteiger partial charge in [0.1, 0.15) is 18.2 Å². The second-order valence-electron chi connectivity index (χ2n) is 5.43. The lowest BCUT2D eigenvalue weighted by atomic mass is 10.0. The molecule has 1 aliphatic heterocycles. The molecule has 0 saturated carbocycles. The van der Waals surface area contributed by atoms with E-state index in [9.17, 15) is 4.79 Å². The lowest BCUT2D eigenvalue weighted by Crippen LogP contribution is -2.50. The van der Waals surface area contributed by atoms with E-state index in [0.29, 0.717) is 26.1 Å². The third kappa shape index (κ3) is 2.79. The van der Waals surface area contributed by atoms with Crippen molar-refractivity contribution in [2.75, 3.05) is 13.1 Å². The number of hydrogen-bond donors (Lipinski definition) is 2. The molecular formula is C14H17N5O2. The van der Waals surface area contributed by atoms with Crippen LogP contribution in [0.5, 0.6) is 0 Å². The highest BCUT2D eigenvalue weighted by Gasteiger charge is 2.40. The molecule has 1 atom stereocenters. The highest BCUT2D eigenvalue weighted by molar-refractivity contribution is 5.79. The average Bonchev–Trinajstić information content (AvgIpc) is 3.11. The Balaban J connectivity index is 1.65. The second kappa shape index (κ2) is 5.27. The van der Waals surface area contributed by atoms with Gasteiger partial charge in [-0.15, -0.1) is 0 Å². The van der Waals surface area contributed by atoms with E-state index in [2.05, 4.69) is 15.0 Å². The zero-order valence-corrected chi connectivity index (χ0v) is 11.5. The van der Waals surface area contributed by atoms with Crippen LogP contribution in [0.2, 0.25) is 0 Å². The number of carboxylic acid groups (broad SMARTS) is 1. The quantitative estimate of drug-likeness (QED) is 0.837. The van der Waals surface area contributed by atoms with Crippen molar-refractivity contribution in [2.24, 2.45) is 5.73 Å². The molecule has 1 aromatic heterocycles. The monoisotopic (exact) mass is 287 g/mol. The van der Waals surface area contributed by atoms with Crippen LogP contribution < -0.4 is 5.73 Å². The van der Waals surface area contributed by atoms with Crippen LogP contribution in [0.3, 0.4) is 0 Å². The largest absolute Gasteiger partial charge is 0.480 e. The Bertz CT molecular complexity index is 625. The van der Waals surface area contributed by atoms with E-state index < -0.39 is 11.5 Å². The molecule has 2 heterocycles. The fraction of sp³-hybridized carbons (Fsp3) is 0.357. The SMILES string of the molecule is NC1(C(=O)O)CCN(Cc2ccc(-n3cncn3)cc2)C1. The Labute approximate surface area is 122 Å². The first-order valence-corrected chi connectivity index (χ1v) is 6.75. The van der Waals surface area contributed by atoms with Gasteiger partial charge in [-0.2, -0.15) is 5.10 Å². The number of carbonyl (C=O) groups is 1. The number of benzene rings is 1. The molecular weight excluding hydrogens is 270 g/mol. The standard InChI is InChI=1S/C14H17N5O2/c15-14(13(20)21)5-6-18(8-14)7-11-1-3-12(4-2-11)19-10-16-9-17-19/h1-4,9-10H,5-8,15H2,(H,20,21). The van der Waals surface area contributed by atoms with Crippen molar-refractivity contribution in [1.29, 1.82) is 0 Å². The Kier molecular flexibility index (Phi) is 3.44. The first kappa shape index (κ1) is 13.7. The second-order valence-corrected chi connectivity index (χ2v) is 5.43. The maximum absolute atomic E-state index is 11.1. The summed E-state index contributed by atoms with van der Waals surface area (Å²) in [5, 5.41) is 13.2. The van der Waals surface area contributed by atoms with E-state index in [0.717, 1.165) is 11.3 Å². The van der Waals surface area contributed by atoms with E-state index >= 15 is 0 Å². The van der Waals surface area contributed by atoms with E-state index in [1.54, 1.807) is 11.0 Å². The zero-order chi connectivity index (χ0) is 14.9. The number of nitrogens with two attached hydrogens (primary N) is 1. The lowest BCUT2D eigenvalue weighted by Gasteiger charge is -2.20. The summed E-state index contributed by atoms with van der Waals surface area (Å²) in [6.07, 6.45) is 3.62. The highest BCUT2D eigenvalue weighted by Crippen LogP contribution is 2.21. The van der Waals surface area contributed by atoms with Crippen LogP contribution in [0.4, 0.5) is 0 Å². The molecule has 2 aromatic rings. The van der Waals surface area contributed by atoms with Gasteiger partial charge < -0.3 is 10.8 Å². The van der Waals surface area contributed by atoms with Gasteiger partial charge in [-0.25, -0.2) is 9.67 Å². The van der Waals surface area contributed by atoms with E-state index in [1.165, 1.54) is 6.33 Å². The Morgan fingerprint density at radius 1 is 1.38 bits per heavy atom. The van der Waals surface area contributed by atoms with Gasteiger partial charge in [0.15, 0.2) is 0 Å². The summed E-state index contributed by atoms with van der Waals surface area (Å²) < 4.78 is 1.69. The minimum Gasteiger partial charge on any atom is -0.480 e. The fourth-order valence-corrected chi connectivity index (χ4v) is 2.58. The molecule has 110 valence electrons. The number of carboxylic acids is 1. The van der Waals surface area contributed by atoms with Gasteiger partial charge in [-0.1, -0.05) is 12.1 Å². The number of aromatic nitrogens is 3. The van der Waals surface area contributed by atoms with Crippen LogP contribution in [0, 0.1) is 0 Å². The predicted octanol–water partition coefficient (Wildman–Crippen LogP) is 0.255. The van der Waals surface area contributed by atoms with Crippen LogP contribution in [0.1, 0.15) is 12.0 Å². The van der Waals surface area contributed by atoms with Crippen LogP contribution >= 0.6 is 0 Å². The molecule has 7 nitrogen and oxygen atoms in total. The van der Waals surface area contributed by atoms with Crippen molar-refractivity contribution in [1.82, 2.24) is 19.7 Å². The van der Waals surface area contributed by atoms with Gasteiger partial charge in [0.25, 0.3) is 0 Å². The van der Waals surface area contributed by atoms with Crippen molar-refractivity contribution in [2.45, 2.75) is 18.5 Å². The number of aliphatic carboxylic acids is 1. The maximum Gasteiger partial charge on any atom is 0.325 e. The van der Waals surface area contributed by atoms with Crippen molar-refractivity contribution >= 4 is 5.97 Å². The molecule has 0 amide bonds. The van der Waals surface area contributed by atoms with Gasteiger partial charge in [-0.05, 0) is 24.1 Å². The molecule has 3 N–H and O–H groups in total. The number of nitrogens with zero attached hydrogens (tertiary/aromatic N) is 4. The Hall–Kier alpha value is -2.25. The topological polar surface area (TPSA) is 97.3 Å². The van der Waals surface area contributed by atoms with Crippen molar-refractivity contribution < 1.29 is 9.90 Å². The van der Waals surface area contributed by atoms with Gasteiger partial charge in [-0.3, -0.25) is 9.69 Å². The molecule has 0 spiro atoms. The smallest absolute Gasteiger partial charge is 0.325 e. The van der Waals surface area contributed by atoms with E-state index in [1.807, 2.05) is 24.3 Å². The van der Waals surface area contributed by atoms with Crippen LogP contribution in [0.25, 0.3) is 5.69 Å². The number of rotatable bonds is 4. The molecule has 0 radical (unpaired) electrons. The van der Waals surface area contributed by atoms with Crippen LogP contribution in [0.15, 0.2) is 36.9 Å². The zero-order valence-electron chi connectivity index (χ0n) is 11.5. The number of hydrogen-bond acceptors (Lipinski definition) is 5. The van der Waals surface area contributed by atoms with Crippen molar-refractivity contribution in [3.8, 4) is 5.69 Å². The molecule has 1 fully saturated rings.